The summed E-state index contributed by atoms with van der Waals surface area (Å²) in [6.45, 7) is 13.1. The van der Waals surface area contributed by atoms with Gasteiger partial charge in [0.25, 0.3) is 15.9 Å². The molecular formula is C51H61ClN6O4S. The number of nitrogens with one attached hydrogen (secondary N) is 3. The first kappa shape index (κ1) is 43.4. The molecule has 0 spiro atoms. The van der Waals surface area contributed by atoms with Gasteiger partial charge in [-0.05, 0) is 141 Å². The number of carbonyl (C=O) groups is 1. The molecule has 0 bridgehead atoms. The molecule has 0 radical (unpaired) electrons. The molecule has 3 heterocycles. The highest BCUT2D eigenvalue weighted by molar-refractivity contribution is 7.90. The molecule has 0 atom stereocenters. The van der Waals surface area contributed by atoms with Crippen LogP contribution in [-0.4, -0.2) is 87.0 Å². The van der Waals surface area contributed by atoms with Crippen molar-refractivity contribution < 1.29 is 17.9 Å². The Kier molecular flexibility index (Phi) is 12.7. The summed E-state index contributed by atoms with van der Waals surface area (Å²) in [5.74, 6) is 0.0810. The normalized spacial score (nSPS) is 19.5. The van der Waals surface area contributed by atoms with Crippen molar-refractivity contribution in [2.24, 2.45) is 5.41 Å². The molecule has 3 fully saturated rings. The molecule has 63 heavy (non-hydrogen) atoms. The predicted octanol–water partition coefficient (Wildman–Crippen LogP) is 10.6. The monoisotopic (exact) mass is 888 g/mol. The van der Waals surface area contributed by atoms with Crippen LogP contribution >= 0.6 is 11.6 Å². The van der Waals surface area contributed by atoms with Crippen LogP contribution in [0.25, 0.3) is 16.5 Å². The molecule has 9 rings (SSSR count). The summed E-state index contributed by atoms with van der Waals surface area (Å²) in [7, 11) is -4.21. The molecule has 4 aromatic carbocycles. The number of hydrogen-bond acceptors (Lipinski definition) is 8. The SMILES string of the molecule is Cc1cc(S(=O)(=O)NC(=O)c2ccc(N3CCN(CC4=C(c5ccc(Cl)cc5)CC(C)(C)CC4)CC3)cc2Oc2ccc3[nH]ccc3c2)ccc1NC1CCN(C2CCCC2)CC1. The number of nitrogens with zero attached hydrogens (tertiary/aromatic N) is 3. The van der Waals surface area contributed by atoms with Gasteiger partial charge in [0.05, 0.1) is 10.5 Å². The van der Waals surface area contributed by atoms with E-state index >= 15 is 0 Å². The molecule has 1 amide bonds. The number of aryl methyl sites for hydroxylation is 1. The summed E-state index contributed by atoms with van der Waals surface area (Å²) in [6.07, 6.45) is 12.6. The molecule has 2 saturated heterocycles. The average Bonchev–Trinajstić information content (AvgIpc) is 3.99. The van der Waals surface area contributed by atoms with E-state index in [9.17, 15) is 13.2 Å². The van der Waals surface area contributed by atoms with E-state index in [-0.39, 0.29) is 21.6 Å². The van der Waals surface area contributed by atoms with Gasteiger partial charge in [-0.3, -0.25) is 9.69 Å². The third kappa shape index (κ3) is 10.1. The van der Waals surface area contributed by atoms with Crippen molar-refractivity contribution in [3.8, 4) is 11.5 Å². The minimum Gasteiger partial charge on any atom is -0.456 e. The second kappa shape index (κ2) is 18.4. The van der Waals surface area contributed by atoms with Gasteiger partial charge in [0.15, 0.2) is 0 Å². The Balaban J connectivity index is 0.891. The predicted molar refractivity (Wildman–Crippen MR) is 256 cm³/mol. The number of piperazine rings is 1. The van der Waals surface area contributed by atoms with Gasteiger partial charge in [0.1, 0.15) is 11.5 Å². The first-order chi connectivity index (χ1) is 30.4. The number of halogens is 1. The van der Waals surface area contributed by atoms with Crippen LogP contribution in [0.5, 0.6) is 11.5 Å². The number of aromatic amines is 1. The van der Waals surface area contributed by atoms with Crippen molar-refractivity contribution in [1.82, 2.24) is 19.5 Å². The van der Waals surface area contributed by atoms with Gasteiger partial charge >= 0.3 is 0 Å². The number of H-pyrrole nitrogens is 1. The van der Waals surface area contributed by atoms with Gasteiger partial charge in [0, 0.05) is 97.5 Å². The molecule has 2 aliphatic carbocycles. The lowest BCUT2D eigenvalue weighted by atomic mass is 9.72. The third-order valence-corrected chi connectivity index (χ3v) is 15.5. The molecule has 10 nitrogen and oxygen atoms in total. The zero-order valence-electron chi connectivity index (χ0n) is 36.9. The van der Waals surface area contributed by atoms with Gasteiger partial charge < -0.3 is 24.8 Å². The number of aromatic nitrogens is 1. The Morgan fingerprint density at radius 3 is 2.38 bits per heavy atom. The number of amides is 1. The maximum absolute atomic E-state index is 14.0. The third-order valence-electron chi connectivity index (χ3n) is 14.0. The summed E-state index contributed by atoms with van der Waals surface area (Å²) in [4.78, 5) is 24.8. The maximum Gasteiger partial charge on any atom is 0.268 e. The highest BCUT2D eigenvalue weighted by atomic mass is 35.5. The van der Waals surface area contributed by atoms with Gasteiger partial charge in [0.2, 0.25) is 0 Å². The average molecular weight is 890 g/mol. The van der Waals surface area contributed by atoms with E-state index in [1.165, 1.54) is 48.8 Å². The van der Waals surface area contributed by atoms with E-state index in [1.54, 1.807) is 18.2 Å². The van der Waals surface area contributed by atoms with Crippen molar-refractivity contribution >= 4 is 55.4 Å². The molecule has 3 N–H and O–H groups in total. The number of ether oxygens (including phenoxy) is 1. The fourth-order valence-electron chi connectivity index (χ4n) is 10.2. The van der Waals surface area contributed by atoms with Crippen molar-refractivity contribution in [2.75, 3.05) is 56.0 Å². The van der Waals surface area contributed by atoms with E-state index in [0.717, 1.165) is 110 Å². The van der Waals surface area contributed by atoms with Crippen LogP contribution in [-0.2, 0) is 10.0 Å². The standard InChI is InChI=1S/C51H61ClN6O4S/c1-35-30-44(14-17-47(35)54-40-20-24-57(25-21-40)41-6-4-5-7-41)63(60,61)55-50(59)45-15-12-42(32-49(45)62-43-13-16-48-37(31-43)19-23-53-48)58-28-26-56(27-29-58)34-38-18-22-51(2,3)33-46(38)36-8-10-39(52)11-9-36/h8-17,19,23,30-32,40-41,53-54H,4-7,18,20-22,24-29,33-34H2,1-3H3,(H,55,59). The molecule has 0 unspecified atom stereocenters. The van der Waals surface area contributed by atoms with E-state index in [0.29, 0.717) is 11.8 Å². The molecule has 2 aliphatic heterocycles. The highest BCUT2D eigenvalue weighted by Crippen LogP contribution is 2.43. The van der Waals surface area contributed by atoms with Crippen LogP contribution in [0, 0.1) is 12.3 Å². The van der Waals surface area contributed by atoms with Gasteiger partial charge in [-0.1, -0.05) is 56.0 Å². The number of likely N-dealkylation sites (tertiary alicyclic amines) is 1. The first-order valence-corrected chi connectivity index (χ1v) is 24.7. The summed E-state index contributed by atoms with van der Waals surface area (Å²) < 4.78 is 36.5. The lowest BCUT2D eigenvalue weighted by molar-refractivity contribution is 0.0979. The lowest BCUT2D eigenvalue weighted by Crippen LogP contribution is -2.47. The second-order valence-corrected chi connectivity index (χ2v) is 21.1. The Morgan fingerprint density at radius 1 is 0.873 bits per heavy atom. The van der Waals surface area contributed by atoms with Crippen LogP contribution in [0.2, 0.25) is 5.02 Å². The van der Waals surface area contributed by atoms with Crippen LogP contribution < -0.4 is 19.7 Å². The summed E-state index contributed by atoms with van der Waals surface area (Å²) in [6, 6.07) is 27.5. The number of piperidine rings is 1. The number of sulfonamides is 1. The number of carbonyl (C=O) groups excluding carboxylic acids is 1. The Labute approximate surface area is 378 Å². The van der Waals surface area contributed by atoms with Gasteiger partial charge in [-0.15, -0.1) is 0 Å². The van der Waals surface area contributed by atoms with Crippen LogP contribution in [0.3, 0.4) is 0 Å². The molecule has 332 valence electrons. The summed E-state index contributed by atoms with van der Waals surface area (Å²) in [5, 5.41) is 5.39. The van der Waals surface area contributed by atoms with Crippen molar-refractivity contribution in [1.29, 1.82) is 0 Å². The Bertz CT molecular complexity index is 2580. The highest BCUT2D eigenvalue weighted by Gasteiger charge is 2.31. The number of fused-ring (bicyclic) bond motifs is 1. The zero-order chi connectivity index (χ0) is 43.7. The number of benzene rings is 4. The largest absolute Gasteiger partial charge is 0.456 e. The van der Waals surface area contributed by atoms with E-state index in [2.05, 4.69) is 55.7 Å². The zero-order valence-corrected chi connectivity index (χ0v) is 38.5. The molecular weight excluding hydrogens is 828 g/mol. The van der Waals surface area contributed by atoms with Gasteiger partial charge in [-0.25, -0.2) is 13.1 Å². The van der Waals surface area contributed by atoms with Crippen molar-refractivity contribution in [3.63, 3.8) is 0 Å². The smallest absolute Gasteiger partial charge is 0.268 e. The second-order valence-electron chi connectivity index (χ2n) is 19.0. The minimum absolute atomic E-state index is 0.0396. The van der Waals surface area contributed by atoms with E-state index in [1.807, 2.05) is 67.7 Å². The summed E-state index contributed by atoms with van der Waals surface area (Å²) in [5.41, 5.74) is 8.23. The van der Waals surface area contributed by atoms with Crippen molar-refractivity contribution in [2.45, 2.75) is 95.5 Å². The number of anilines is 2. The van der Waals surface area contributed by atoms with E-state index in [4.69, 9.17) is 16.3 Å². The maximum atomic E-state index is 14.0. The molecule has 5 aromatic rings. The minimum atomic E-state index is -4.21. The summed E-state index contributed by atoms with van der Waals surface area (Å²) >= 11 is 6.26. The van der Waals surface area contributed by atoms with E-state index < -0.39 is 15.9 Å². The topological polar surface area (TPSA) is 110 Å². The Morgan fingerprint density at radius 2 is 1.63 bits per heavy atom. The fourth-order valence-corrected chi connectivity index (χ4v) is 11.4. The van der Waals surface area contributed by atoms with Crippen LogP contribution in [0.15, 0.2) is 102 Å². The van der Waals surface area contributed by atoms with Crippen LogP contribution in [0.4, 0.5) is 11.4 Å². The quantitative estimate of drug-likeness (QED) is 0.114. The lowest BCUT2D eigenvalue weighted by Gasteiger charge is -2.39. The van der Waals surface area contributed by atoms with Crippen molar-refractivity contribution in [3.05, 3.63) is 118 Å². The molecule has 1 aromatic heterocycles. The molecule has 12 heteroatoms. The molecule has 1 saturated carbocycles. The van der Waals surface area contributed by atoms with Crippen LogP contribution in [0.1, 0.15) is 93.1 Å². The fraction of sp³-hybridized carbons (Fsp3) is 0.431. The molecule has 4 aliphatic rings. The first-order valence-electron chi connectivity index (χ1n) is 22.9. The number of hydrogen-bond donors (Lipinski definition) is 3. The number of allylic oxidation sites excluding steroid dienone is 1. The van der Waals surface area contributed by atoms with Gasteiger partial charge in [-0.2, -0.15) is 0 Å². The number of rotatable bonds is 12. The Hall–Kier alpha value is -4.81.